The van der Waals surface area contributed by atoms with Gasteiger partial charge in [0.05, 0.1) is 0 Å². The van der Waals surface area contributed by atoms with E-state index < -0.39 is 23.6 Å². The Balaban J connectivity index is 0.000000414. The molecule has 12 heteroatoms. The molecule has 0 fully saturated rings. The van der Waals surface area contributed by atoms with Gasteiger partial charge in [-0.05, 0) is 52.0 Å². The zero-order valence-electron chi connectivity index (χ0n) is 17.0. The first-order valence-electron chi connectivity index (χ1n) is 8.67. The van der Waals surface area contributed by atoms with Crippen molar-refractivity contribution in [1.82, 2.24) is 15.3 Å². The van der Waals surface area contributed by atoms with Crippen LogP contribution in [0.1, 0.15) is 27.7 Å². The lowest BCUT2D eigenvalue weighted by molar-refractivity contribution is -0.117. The molecule has 0 aliphatic carbocycles. The fourth-order valence-corrected chi connectivity index (χ4v) is 2.34. The molecule has 10 nitrogen and oxygen atoms in total. The third-order valence-corrected chi connectivity index (χ3v) is 3.45. The minimum Gasteiger partial charge on any atom is -0.444 e. The van der Waals surface area contributed by atoms with Crippen LogP contribution in [0.3, 0.4) is 0 Å². The second-order valence-corrected chi connectivity index (χ2v) is 7.96. The summed E-state index contributed by atoms with van der Waals surface area (Å²) in [5.41, 5.74) is 15.5. The maximum absolute atomic E-state index is 11.9. The molecule has 0 radical (unpaired) electrons. The summed E-state index contributed by atoms with van der Waals surface area (Å²) in [4.78, 5) is 31.1. The largest absolute Gasteiger partial charge is 0.444 e. The monoisotopic (exact) mass is 457 g/mol. The second kappa shape index (κ2) is 10.7. The molecule has 0 saturated carbocycles. The fraction of sp³-hybridized carbons (Fsp3) is 0.333. The average Bonchev–Trinajstić information content (AvgIpc) is 2.50. The number of ether oxygens (including phenoxy) is 1. The molecule has 1 atom stereocenters. The Morgan fingerprint density at radius 3 is 1.87 bits per heavy atom. The van der Waals surface area contributed by atoms with Gasteiger partial charge in [-0.25, -0.2) is 14.8 Å². The van der Waals surface area contributed by atoms with Gasteiger partial charge >= 0.3 is 6.09 Å². The summed E-state index contributed by atoms with van der Waals surface area (Å²) in [6, 6.07) is 5.19. The summed E-state index contributed by atoms with van der Waals surface area (Å²) in [5, 5.41) is 5.79. The molecule has 30 heavy (non-hydrogen) atoms. The van der Waals surface area contributed by atoms with Crippen molar-refractivity contribution in [3.63, 3.8) is 0 Å². The van der Waals surface area contributed by atoms with Gasteiger partial charge in [-0.2, -0.15) is 0 Å². The molecule has 2 heterocycles. The molecular formula is C18H25Cl2N7O3. The number of nitrogen functional groups attached to an aromatic ring is 3. The first kappa shape index (κ1) is 25.1. The number of aromatic nitrogens is 2. The van der Waals surface area contributed by atoms with Gasteiger partial charge in [0.25, 0.3) is 0 Å². The number of anilines is 4. The van der Waals surface area contributed by atoms with Crippen molar-refractivity contribution in [2.45, 2.75) is 39.3 Å². The molecule has 0 aliphatic heterocycles. The number of amides is 2. The lowest BCUT2D eigenvalue weighted by atomic mass is 10.2. The summed E-state index contributed by atoms with van der Waals surface area (Å²) in [5.74, 6) is 0.628. The van der Waals surface area contributed by atoms with Crippen LogP contribution in [0, 0.1) is 0 Å². The smallest absolute Gasteiger partial charge is 0.408 e. The number of carbonyl (C=O) groups excluding carboxylic acids is 2. The maximum atomic E-state index is 11.9. The summed E-state index contributed by atoms with van der Waals surface area (Å²) in [6.07, 6.45) is -0.677. The van der Waals surface area contributed by atoms with Crippen LogP contribution in [0.5, 0.6) is 0 Å². The zero-order chi connectivity index (χ0) is 23.1. The summed E-state index contributed by atoms with van der Waals surface area (Å²) >= 11 is 11.4. The summed E-state index contributed by atoms with van der Waals surface area (Å²) < 4.78 is 5.06. The summed E-state index contributed by atoms with van der Waals surface area (Å²) in [6.45, 7) is 6.72. The van der Waals surface area contributed by atoms with E-state index in [1.165, 1.54) is 31.2 Å². The van der Waals surface area contributed by atoms with Crippen LogP contribution < -0.4 is 27.8 Å². The SMILES string of the molecule is CC(NC(=O)OC(C)(C)C)C(=O)Nc1cc(Cl)cc(N)n1.Nc1cc(Cl)cc(N)n1. The van der Waals surface area contributed by atoms with Gasteiger partial charge in [0.15, 0.2) is 0 Å². The van der Waals surface area contributed by atoms with Gasteiger partial charge in [-0.1, -0.05) is 23.2 Å². The number of halogens is 2. The number of carbonyl (C=O) groups is 2. The minimum atomic E-state index is -0.804. The van der Waals surface area contributed by atoms with E-state index in [0.717, 1.165) is 0 Å². The number of rotatable bonds is 3. The molecule has 2 amide bonds. The normalized spacial score (nSPS) is 11.5. The Bertz CT molecular complexity index is 833. The number of alkyl carbamates (subject to hydrolysis) is 1. The van der Waals surface area contributed by atoms with Crippen molar-refractivity contribution < 1.29 is 14.3 Å². The highest BCUT2D eigenvalue weighted by atomic mass is 35.5. The predicted molar refractivity (Wildman–Crippen MR) is 119 cm³/mol. The van der Waals surface area contributed by atoms with Crippen LogP contribution in [0.15, 0.2) is 24.3 Å². The number of pyridine rings is 2. The van der Waals surface area contributed by atoms with Crippen molar-refractivity contribution in [3.05, 3.63) is 34.3 Å². The Hall–Kier alpha value is -2.98. The average molecular weight is 458 g/mol. The van der Waals surface area contributed by atoms with E-state index in [4.69, 9.17) is 45.1 Å². The maximum Gasteiger partial charge on any atom is 0.408 e. The molecule has 0 aromatic carbocycles. The van der Waals surface area contributed by atoms with Crippen molar-refractivity contribution in [2.24, 2.45) is 0 Å². The number of nitrogens with zero attached hydrogens (tertiary/aromatic N) is 2. The number of hydrogen-bond donors (Lipinski definition) is 5. The van der Waals surface area contributed by atoms with Crippen LogP contribution in [-0.4, -0.2) is 33.6 Å². The molecule has 2 aromatic heterocycles. The minimum absolute atomic E-state index is 0.186. The Labute approximate surface area is 184 Å². The standard InChI is InChI=1S/C13H19ClN4O3.C5H6ClN3/c1-7(16-12(20)21-13(2,3)4)11(19)18-10-6-8(14)5-9(15)17-10;6-3-1-4(7)9-5(8)2-3/h5-7H,1-4H3,(H,16,20)(H3,15,17,18,19);1-2H,(H4,7,8,9). The highest BCUT2D eigenvalue weighted by Crippen LogP contribution is 2.16. The highest BCUT2D eigenvalue weighted by Gasteiger charge is 2.21. The van der Waals surface area contributed by atoms with E-state index in [1.807, 2.05) is 0 Å². The van der Waals surface area contributed by atoms with Gasteiger partial charge in [0.2, 0.25) is 5.91 Å². The van der Waals surface area contributed by atoms with E-state index in [0.29, 0.717) is 21.7 Å². The Kier molecular flexibility index (Phi) is 8.94. The van der Waals surface area contributed by atoms with Crippen molar-refractivity contribution >= 4 is 58.5 Å². The molecule has 1 unspecified atom stereocenters. The molecule has 0 aliphatic rings. The second-order valence-electron chi connectivity index (χ2n) is 7.09. The molecular weight excluding hydrogens is 433 g/mol. The lowest BCUT2D eigenvalue weighted by Gasteiger charge is -2.21. The van der Waals surface area contributed by atoms with E-state index in [1.54, 1.807) is 20.8 Å². The van der Waals surface area contributed by atoms with Crippen LogP contribution in [0.2, 0.25) is 10.0 Å². The predicted octanol–water partition coefficient (Wildman–Crippen LogP) is 3.07. The first-order valence-corrected chi connectivity index (χ1v) is 9.42. The van der Waals surface area contributed by atoms with Gasteiger partial charge in [0, 0.05) is 10.0 Å². The topological polar surface area (TPSA) is 171 Å². The lowest BCUT2D eigenvalue weighted by Crippen LogP contribution is -2.44. The number of hydrogen-bond acceptors (Lipinski definition) is 8. The molecule has 0 spiro atoms. The van der Waals surface area contributed by atoms with Gasteiger partial charge < -0.3 is 32.6 Å². The Morgan fingerprint density at radius 1 is 0.967 bits per heavy atom. The van der Waals surface area contributed by atoms with Crippen molar-refractivity contribution in [3.8, 4) is 0 Å². The highest BCUT2D eigenvalue weighted by molar-refractivity contribution is 6.31. The van der Waals surface area contributed by atoms with Crippen LogP contribution >= 0.6 is 23.2 Å². The quantitative estimate of drug-likeness (QED) is 0.467. The molecule has 0 bridgehead atoms. The van der Waals surface area contributed by atoms with E-state index in [-0.39, 0.29) is 11.6 Å². The first-order chi connectivity index (χ1) is 13.7. The fourth-order valence-electron chi connectivity index (χ4n) is 1.90. The molecule has 2 aromatic rings. The summed E-state index contributed by atoms with van der Waals surface area (Å²) in [7, 11) is 0. The number of nitrogens with one attached hydrogen (secondary N) is 2. The van der Waals surface area contributed by atoms with Crippen molar-refractivity contribution in [2.75, 3.05) is 22.5 Å². The number of nitrogens with two attached hydrogens (primary N) is 3. The van der Waals surface area contributed by atoms with Crippen LogP contribution in [-0.2, 0) is 9.53 Å². The molecule has 164 valence electrons. The third-order valence-electron chi connectivity index (χ3n) is 3.02. The van der Waals surface area contributed by atoms with Crippen LogP contribution in [0.4, 0.5) is 28.1 Å². The van der Waals surface area contributed by atoms with E-state index in [2.05, 4.69) is 20.6 Å². The third kappa shape index (κ3) is 9.99. The van der Waals surface area contributed by atoms with Crippen LogP contribution in [0.25, 0.3) is 0 Å². The van der Waals surface area contributed by atoms with E-state index in [9.17, 15) is 9.59 Å². The Morgan fingerprint density at radius 2 is 1.43 bits per heavy atom. The molecule has 8 N–H and O–H groups in total. The molecule has 0 saturated heterocycles. The zero-order valence-corrected chi connectivity index (χ0v) is 18.5. The molecule has 2 rings (SSSR count). The van der Waals surface area contributed by atoms with E-state index >= 15 is 0 Å². The van der Waals surface area contributed by atoms with Gasteiger partial charge in [-0.3, -0.25) is 4.79 Å². The van der Waals surface area contributed by atoms with Gasteiger partial charge in [-0.15, -0.1) is 0 Å². The van der Waals surface area contributed by atoms with Gasteiger partial charge in [0.1, 0.15) is 34.9 Å². The van der Waals surface area contributed by atoms with Crippen molar-refractivity contribution in [1.29, 1.82) is 0 Å².